The van der Waals surface area contributed by atoms with Crippen molar-refractivity contribution < 1.29 is 5.11 Å². The number of hydrogen-bond donors (Lipinski definition) is 1. The lowest BCUT2D eigenvalue weighted by molar-refractivity contribution is 0.466. The van der Waals surface area contributed by atoms with Crippen molar-refractivity contribution in [3.63, 3.8) is 0 Å². The molecule has 0 radical (unpaired) electrons. The molecule has 0 heterocycles. The number of benzene rings is 1. The van der Waals surface area contributed by atoms with E-state index in [1.165, 1.54) is 37.7 Å². The maximum absolute atomic E-state index is 9.64. The van der Waals surface area contributed by atoms with E-state index in [2.05, 4.69) is 19.9 Å². The third kappa shape index (κ3) is 4.37. The highest BCUT2D eigenvalue weighted by atomic mass is 16.3. The van der Waals surface area contributed by atoms with Crippen molar-refractivity contribution in [1.29, 1.82) is 0 Å². The van der Waals surface area contributed by atoms with Gasteiger partial charge in [0.1, 0.15) is 5.75 Å². The van der Waals surface area contributed by atoms with E-state index in [0.29, 0.717) is 5.75 Å². The monoisotopic (exact) mass is 206 g/mol. The van der Waals surface area contributed by atoms with Gasteiger partial charge in [0.05, 0.1) is 0 Å². The fraction of sp³-hybridized carbons (Fsp3) is 0.571. The van der Waals surface area contributed by atoms with Crippen LogP contribution in [0.2, 0.25) is 0 Å². The molecule has 84 valence electrons. The molecule has 1 rings (SSSR count). The van der Waals surface area contributed by atoms with Gasteiger partial charge in [-0.2, -0.15) is 0 Å². The molecule has 0 aromatic heterocycles. The Labute approximate surface area is 93.1 Å². The minimum absolute atomic E-state index is 0.455. The van der Waals surface area contributed by atoms with E-state index < -0.39 is 0 Å². The SMILES string of the molecule is CCCCCCCc1cc(C)ccc1O. The topological polar surface area (TPSA) is 20.2 Å². The van der Waals surface area contributed by atoms with Gasteiger partial charge < -0.3 is 5.11 Å². The van der Waals surface area contributed by atoms with Crippen molar-refractivity contribution in [3.8, 4) is 5.75 Å². The Morgan fingerprint density at radius 2 is 1.80 bits per heavy atom. The van der Waals surface area contributed by atoms with Crippen molar-refractivity contribution in [2.45, 2.75) is 52.4 Å². The van der Waals surface area contributed by atoms with Crippen molar-refractivity contribution >= 4 is 0 Å². The van der Waals surface area contributed by atoms with E-state index in [1.54, 1.807) is 6.07 Å². The van der Waals surface area contributed by atoms with Crippen LogP contribution in [0.15, 0.2) is 18.2 Å². The first-order valence-corrected chi connectivity index (χ1v) is 6.02. The van der Waals surface area contributed by atoms with Crippen molar-refractivity contribution in [1.82, 2.24) is 0 Å². The normalized spacial score (nSPS) is 10.5. The Morgan fingerprint density at radius 1 is 1.07 bits per heavy atom. The van der Waals surface area contributed by atoms with Crippen molar-refractivity contribution in [2.75, 3.05) is 0 Å². The zero-order valence-electron chi connectivity index (χ0n) is 9.92. The van der Waals surface area contributed by atoms with Gasteiger partial charge in [-0.3, -0.25) is 0 Å². The molecule has 0 aliphatic heterocycles. The maximum atomic E-state index is 9.64. The Hall–Kier alpha value is -0.980. The molecule has 0 aliphatic carbocycles. The molecule has 0 aliphatic rings. The van der Waals surface area contributed by atoms with Gasteiger partial charge in [0, 0.05) is 0 Å². The van der Waals surface area contributed by atoms with E-state index in [4.69, 9.17) is 0 Å². The fourth-order valence-corrected chi connectivity index (χ4v) is 1.83. The number of rotatable bonds is 6. The van der Waals surface area contributed by atoms with Crippen LogP contribution in [0.1, 0.15) is 50.2 Å². The molecule has 0 bridgehead atoms. The Morgan fingerprint density at radius 3 is 2.53 bits per heavy atom. The molecule has 0 amide bonds. The zero-order chi connectivity index (χ0) is 11.1. The number of aromatic hydroxyl groups is 1. The zero-order valence-corrected chi connectivity index (χ0v) is 9.92. The van der Waals surface area contributed by atoms with Crippen LogP contribution >= 0.6 is 0 Å². The molecule has 0 saturated carbocycles. The molecule has 1 aromatic rings. The number of phenols is 1. The second-order valence-corrected chi connectivity index (χ2v) is 4.30. The van der Waals surface area contributed by atoms with Crippen LogP contribution < -0.4 is 0 Å². The fourth-order valence-electron chi connectivity index (χ4n) is 1.83. The lowest BCUT2D eigenvalue weighted by Crippen LogP contribution is -1.88. The van der Waals surface area contributed by atoms with Gasteiger partial charge in [-0.25, -0.2) is 0 Å². The van der Waals surface area contributed by atoms with Crippen molar-refractivity contribution in [2.24, 2.45) is 0 Å². The predicted octanol–water partition coefficient (Wildman–Crippen LogP) is 4.21. The summed E-state index contributed by atoms with van der Waals surface area (Å²) in [7, 11) is 0. The van der Waals surface area contributed by atoms with Gasteiger partial charge >= 0.3 is 0 Å². The molecule has 0 fully saturated rings. The summed E-state index contributed by atoms with van der Waals surface area (Å²) in [4.78, 5) is 0. The Kier molecular flexibility index (Phi) is 5.23. The second kappa shape index (κ2) is 6.49. The minimum atomic E-state index is 0.455. The van der Waals surface area contributed by atoms with Crippen LogP contribution in [0.3, 0.4) is 0 Å². The molecule has 1 nitrogen and oxygen atoms in total. The first kappa shape index (κ1) is 12.1. The number of aryl methyl sites for hydroxylation is 2. The average molecular weight is 206 g/mol. The molecule has 1 aromatic carbocycles. The first-order valence-electron chi connectivity index (χ1n) is 6.02. The summed E-state index contributed by atoms with van der Waals surface area (Å²) in [6.45, 7) is 4.30. The van der Waals surface area contributed by atoms with Gasteiger partial charge in [-0.15, -0.1) is 0 Å². The molecule has 0 atom stereocenters. The number of phenolic OH excluding ortho intramolecular Hbond substituents is 1. The maximum Gasteiger partial charge on any atom is 0.118 e. The summed E-state index contributed by atoms with van der Waals surface area (Å²) < 4.78 is 0. The van der Waals surface area contributed by atoms with Gasteiger partial charge in [0.2, 0.25) is 0 Å². The summed E-state index contributed by atoms with van der Waals surface area (Å²) in [6, 6.07) is 5.85. The van der Waals surface area contributed by atoms with E-state index >= 15 is 0 Å². The molecule has 0 saturated heterocycles. The minimum Gasteiger partial charge on any atom is -0.508 e. The second-order valence-electron chi connectivity index (χ2n) is 4.30. The van der Waals surface area contributed by atoms with Gasteiger partial charge in [0.15, 0.2) is 0 Å². The quantitative estimate of drug-likeness (QED) is 0.691. The van der Waals surface area contributed by atoms with Crippen LogP contribution in [0.4, 0.5) is 0 Å². The number of hydrogen-bond acceptors (Lipinski definition) is 1. The summed E-state index contributed by atoms with van der Waals surface area (Å²) in [5, 5.41) is 9.64. The smallest absolute Gasteiger partial charge is 0.118 e. The Bertz CT molecular complexity index is 291. The largest absolute Gasteiger partial charge is 0.508 e. The summed E-state index contributed by atoms with van der Waals surface area (Å²) >= 11 is 0. The van der Waals surface area contributed by atoms with E-state index in [1.807, 2.05) is 6.07 Å². The highest BCUT2D eigenvalue weighted by Crippen LogP contribution is 2.20. The van der Waals surface area contributed by atoms with E-state index in [9.17, 15) is 5.11 Å². The van der Waals surface area contributed by atoms with E-state index in [0.717, 1.165) is 12.0 Å². The van der Waals surface area contributed by atoms with Gasteiger partial charge in [0.25, 0.3) is 0 Å². The summed E-state index contributed by atoms with van der Waals surface area (Å²) in [6.07, 6.45) is 7.42. The molecule has 1 N–H and O–H groups in total. The highest BCUT2D eigenvalue weighted by molar-refractivity contribution is 5.35. The van der Waals surface area contributed by atoms with Crippen LogP contribution in [0.5, 0.6) is 5.75 Å². The number of unbranched alkanes of at least 4 members (excludes halogenated alkanes) is 4. The third-order valence-electron chi connectivity index (χ3n) is 2.78. The van der Waals surface area contributed by atoms with Crippen LogP contribution in [0, 0.1) is 6.92 Å². The first-order chi connectivity index (χ1) is 7.24. The van der Waals surface area contributed by atoms with Gasteiger partial charge in [-0.05, 0) is 31.4 Å². The summed E-state index contributed by atoms with van der Waals surface area (Å²) in [5.74, 6) is 0.455. The average Bonchev–Trinajstić information content (AvgIpc) is 2.23. The molecule has 0 unspecified atom stereocenters. The Balaban J connectivity index is 2.33. The standard InChI is InChI=1S/C14H22O/c1-3-4-5-6-7-8-13-11-12(2)9-10-14(13)15/h9-11,15H,3-8H2,1-2H3. The lowest BCUT2D eigenvalue weighted by Gasteiger charge is -2.05. The van der Waals surface area contributed by atoms with Crippen LogP contribution in [-0.2, 0) is 6.42 Å². The lowest BCUT2D eigenvalue weighted by atomic mass is 10.0. The molecular formula is C14H22O. The third-order valence-corrected chi connectivity index (χ3v) is 2.78. The van der Waals surface area contributed by atoms with Gasteiger partial charge in [-0.1, -0.05) is 50.3 Å². The van der Waals surface area contributed by atoms with Crippen LogP contribution in [-0.4, -0.2) is 5.11 Å². The van der Waals surface area contributed by atoms with E-state index in [-0.39, 0.29) is 0 Å². The predicted molar refractivity (Wildman–Crippen MR) is 65.3 cm³/mol. The molecular weight excluding hydrogens is 184 g/mol. The van der Waals surface area contributed by atoms with Crippen molar-refractivity contribution in [3.05, 3.63) is 29.3 Å². The molecule has 15 heavy (non-hydrogen) atoms. The molecule has 0 spiro atoms. The van der Waals surface area contributed by atoms with Crippen LogP contribution in [0.25, 0.3) is 0 Å². The molecule has 1 heteroatoms. The highest BCUT2D eigenvalue weighted by Gasteiger charge is 2.00. The summed E-state index contributed by atoms with van der Waals surface area (Å²) in [5.41, 5.74) is 2.34.